The molecule has 0 aromatic carbocycles. The molecule has 0 aliphatic heterocycles. The van der Waals surface area contributed by atoms with Crippen molar-refractivity contribution in [2.45, 2.75) is 45.1 Å². The van der Waals surface area contributed by atoms with Crippen molar-refractivity contribution in [3.8, 4) is 10.6 Å². The van der Waals surface area contributed by atoms with Crippen LogP contribution in [0.5, 0.6) is 0 Å². The van der Waals surface area contributed by atoms with Crippen LogP contribution in [-0.2, 0) is 6.54 Å². The minimum absolute atomic E-state index is 0.206. The van der Waals surface area contributed by atoms with Crippen LogP contribution in [0.3, 0.4) is 0 Å². The van der Waals surface area contributed by atoms with Crippen molar-refractivity contribution in [3.63, 3.8) is 0 Å². The average Bonchev–Trinajstić information content (AvgIpc) is 3.59. The molecule has 12 heteroatoms. The van der Waals surface area contributed by atoms with Gasteiger partial charge in [0, 0.05) is 31.1 Å². The molecule has 196 valence electrons. The van der Waals surface area contributed by atoms with Crippen LogP contribution in [0.1, 0.15) is 23.5 Å². The molecule has 5 aromatic rings. The maximum Gasteiger partial charge on any atom is 0.225 e. The number of anilines is 2. The summed E-state index contributed by atoms with van der Waals surface area (Å²) < 4.78 is 2.96. The molecule has 11 nitrogen and oxygen atoms in total. The summed E-state index contributed by atoms with van der Waals surface area (Å²) in [6, 6.07) is 7.26. The summed E-state index contributed by atoms with van der Waals surface area (Å²) in [6.07, 6.45) is 3.98. The summed E-state index contributed by atoms with van der Waals surface area (Å²) in [4.78, 5) is 23.3. The lowest BCUT2D eigenvalue weighted by molar-refractivity contribution is 0.00446. The Morgan fingerprint density at radius 3 is 2.68 bits per heavy atom. The predicted octanol–water partition coefficient (Wildman–Crippen LogP) is 2.54. The van der Waals surface area contributed by atoms with E-state index in [1.165, 1.54) is 11.3 Å². The molecule has 1 aliphatic rings. The lowest BCUT2D eigenvalue weighted by Crippen LogP contribution is -2.35. The average molecular weight is 533 g/mol. The van der Waals surface area contributed by atoms with Gasteiger partial charge in [0.05, 0.1) is 46.0 Å². The standard InChI is InChI=1S/C26H28N8O3S/c1-13-20(25-32-21-14(2)27-7-6-18(21)38-25)24(31-17-9-15(12-35)22(36)23(17)37)33-26(29-13)28-10-16-11-34-8-4-3-5-19(34)30-16/h3-8,11,15,17,22-23,35-37H,9-10,12H2,1-2H3,(H2,28,29,31,33)/t15-,17?,22-,23+/m1/s1. The highest BCUT2D eigenvalue weighted by Gasteiger charge is 2.41. The molecule has 5 aromatic heterocycles. The lowest BCUT2D eigenvalue weighted by atomic mass is 10.1. The number of thiazole rings is 1. The smallest absolute Gasteiger partial charge is 0.225 e. The third-order valence-electron chi connectivity index (χ3n) is 6.99. The minimum atomic E-state index is -1.05. The van der Waals surface area contributed by atoms with Gasteiger partial charge < -0.3 is 30.4 Å². The van der Waals surface area contributed by atoms with Gasteiger partial charge in [-0.15, -0.1) is 11.3 Å². The van der Waals surface area contributed by atoms with Crippen molar-refractivity contribution in [2.75, 3.05) is 17.2 Å². The van der Waals surface area contributed by atoms with E-state index in [1.807, 2.05) is 54.9 Å². The number of aliphatic hydroxyl groups is 3. The number of hydrogen-bond donors (Lipinski definition) is 5. The number of nitrogens with one attached hydrogen (secondary N) is 2. The quantitative estimate of drug-likeness (QED) is 0.211. The number of nitrogens with zero attached hydrogens (tertiary/aromatic N) is 6. The molecule has 0 spiro atoms. The van der Waals surface area contributed by atoms with E-state index < -0.39 is 24.2 Å². The van der Waals surface area contributed by atoms with E-state index in [1.54, 1.807) is 6.20 Å². The maximum atomic E-state index is 10.7. The monoisotopic (exact) mass is 532 g/mol. The van der Waals surface area contributed by atoms with E-state index in [4.69, 9.17) is 15.0 Å². The molecular weight excluding hydrogens is 504 g/mol. The van der Waals surface area contributed by atoms with Gasteiger partial charge in [-0.2, -0.15) is 4.98 Å². The number of imidazole rings is 1. The van der Waals surface area contributed by atoms with Gasteiger partial charge in [0.1, 0.15) is 28.1 Å². The van der Waals surface area contributed by atoms with E-state index in [0.29, 0.717) is 30.4 Å². The molecule has 5 heterocycles. The van der Waals surface area contributed by atoms with Gasteiger partial charge in [-0.3, -0.25) is 4.98 Å². The van der Waals surface area contributed by atoms with Crippen LogP contribution < -0.4 is 10.6 Å². The zero-order chi connectivity index (χ0) is 26.4. The summed E-state index contributed by atoms with van der Waals surface area (Å²) in [7, 11) is 0. The van der Waals surface area contributed by atoms with Crippen molar-refractivity contribution in [2.24, 2.45) is 5.92 Å². The summed E-state index contributed by atoms with van der Waals surface area (Å²) in [6.45, 7) is 4.03. The van der Waals surface area contributed by atoms with E-state index in [0.717, 1.165) is 37.8 Å². The number of hydrogen-bond acceptors (Lipinski definition) is 11. The molecule has 0 radical (unpaired) electrons. The number of aliphatic hydroxyl groups excluding tert-OH is 3. The van der Waals surface area contributed by atoms with Gasteiger partial charge in [0.25, 0.3) is 0 Å². The Hall–Kier alpha value is -3.71. The Morgan fingerprint density at radius 2 is 1.92 bits per heavy atom. The first-order chi connectivity index (χ1) is 18.4. The summed E-state index contributed by atoms with van der Waals surface area (Å²) in [5.41, 5.74) is 4.78. The Balaban J connectivity index is 1.36. The second kappa shape index (κ2) is 9.87. The number of aromatic nitrogens is 6. The number of fused-ring (bicyclic) bond motifs is 2. The highest BCUT2D eigenvalue weighted by molar-refractivity contribution is 7.21. The van der Waals surface area contributed by atoms with Gasteiger partial charge in [-0.1, -0.05) is 6.07 Å². The van der Waals surface area contributed by atoms with E-state index in [2.05, 4.69) is 20.6 Å². The number of rotatable bonds is 7. The molecule has 0 bridgehead atoms. The summed E-state index contributed by atoms with van der Waals surface area (Å²) in [5, 5.41) is 38.0. The van der Waals surface area contributed by atoms with Crippen LogP contribution in [0.4, 0.5) is 11.8 Å². The molecule has 4 atom stereocenters. The Kier molecular flexibility index (Phi) is 6.40. The highest BCUT2D eigenvalue weighted by atomic mass is 32.1. The van der Waals surface area contributed by atoms with Crippen LogP contribution >= 0.6 is 11.3 Å². The Bertz CT molecular complexity index is 1590. The molecule has 1 aliphatic carbocycles. The van der Waals surface area contributed by atoms with E-state index in [-0.39, 0.29) is 6.61 Å². The number of aryl methyl sites for hydroxylation is 2. The van der Waals surface area contributed by atoms with Crippen LogP contribution in [0.2, 0.25) is 0 Å². The predicted molar refractivity (Wildman–Crippen MR) is 145 cm³/mol. The van der Waals surface area contributed by atoms with Crippen LogP contribution in [0, 0.1) is 19.8 Å². The highest BCUT2D eigenvalue weighted by Crippen LogP contribution is 2.38. The summed E-state index contributed by atoms with van der Waals surface area (Å²) in [5.74, 6) is 0.476. The zero-order valence-electron chi connectivity index (χ0n) is 20.9. The normalized spacial score (nSPS) is 21.4. The fourth-order valence-electron chi connectivity index (χ4n) is 4.97. The first-order valence-electron chi connectivity index (χ1n) is 12.4. The molecule has 0 saturated heterocycles. The Morgan fingerprint density at radius 1 is 1.05 bits per heavy atom. The molecule has 5 N–H and O–H groups in total. The van der Waals surface area contributed by atoms with Crippen LogP contribution in [0.25, 0.3) is 26.4 Å². The lowest BCUT2D eigenvalue weighted by Gasteiger charge is -2.21. The summed E-state index contributed by atoms with van der Waals surface area (Å²) >= 11 is 1.52. The van der Waals surface area contributed by atoms with Crippen LogP contribution in [0.15, 0.2) is 42.9 Å². The first-order valence-corrected chi connectivity index (χ1v) is 13.2. The molecular formula is C26H28N8O3S. The van der Waals surface area contributed by atoms with Gasteiger partial charge >= 0.3 is 0 Å². The van der Waals surface area contributed by atoms with E-state index >= 15 is 0 Å². The third-order valence-corrected chi connectivity index (χ3v) is 8.03. The first kappa shape index (κ1) is 24.6. The van der Waals surface area contributed by atoms with Crippen molar-refractivity contribution in [1.82, 2.24) is 29.3 Å². The number of pyridine rings is 2. The van der Waals surface area contributed by atoms with Gasteiger partial charge in [0.15, 0.2) is 0 Å². The molecule has 0 amide bonds. The second-order valence-electron chi connectivity index (χ2n) is 9.58. The van der Waals surface area contributed by atoms with Gasteiger partial charge in [0.2, 0.25) is 5.95 Å². The second-order valence-corrected chi connectivity index (χ2v) is 10.6. The third kappa shape index (κ3) is 4.45. The fraction of sp³-hybridized carbons (Fsp3) is 0.346. The molecule has 1 unspecified atom stereocenters. The molecule has 6 rings (SSSR count). The van der Waals surface area contributed by atoms with Crippen molar-refractivity contribution >= 4 is 39.0 Å². The van der Waals surface area contributed by atoms with Crippen molar-refractivity contribution < 1.29 is 15.3 Å². The van der Waals surface area contributed by atoms with Crippen LogP contribution in [-0.4, -0.2) is 69.5 Å². The van der Waals surface area contributed by atoms with Crippen molar-refractivity contribution in [1.29, 1.82) is 0 Å². The zero-order valence-corrected chi connectivity index (χ0v) is 21.7. The largest absolute Gasteiger partial charge is 0.396 e. The maximum absolute atomic E-state index is 10.7. The van der Waals surface area contributed by atoms with E-state index in [9.17, 15) is 15.3 Å². The molecule has 38 heavy (non-hydrogen) atoms. The van der Waals surface area contributed by atoms with Gasteiger partial charge in [-0.25, -0.2) is 15.0 Å². The SMILES string of the molecule is Cc1nc(NCc2cn3ccccc3n2)nc(NC2C[C@H](CO)[C@@H](O)[C@H]2O)c1-c1nc2c(C)nccc2s1. The fourth-order valence-corrected chi connectivity index (χ4v) is 6.08. The molecule has 1 saturated carbocycles. The minimum Gasteiger partial charge on any atom is -0.396 e. The topological polar surface area (TPSA) is 154 Å². The van der Waals surface area contributed by atoms with Crippen molar-refractivity contribution in [3.05, 3.63) is 59.9 Å². The Labute approximate surface area is 222 Å². The molecule has 1 fully saturated rings. The van der Waals surface area contributed by atoms with Gasteiger partial charge in [-0.05, 0) is 38.5 Å².